The fourth-order valence-electron chi connectivity index (χ4n) is 3.75. The highest BCUT2D eigenvalue weighted by Crippen LogP contribution is 2.28. The lowest BCUT2D eigenvalue weighted by Gasteiger charge is -2.13. The highest BCUT2D eigenvalue weighted by Gasteiger charge is 2.48. The van der Waals surface area contributed by atoms with E-state index in [9.17, 15) is 28.0 Å². The molecule has 3 aromatic rings. The Labute approximate surface area is 277 Å². The number of aryl methyl sites for hydroxylation is 1. The number of fused-ring (bicyclic) bond motifs is 1. The van der Waals surface area contributed by atoms with Crippen LogP contribution in [0, 0.1) is 6.92 Å². The Kier molecular flexibility index (Phi) is 16.1. The molecule has 1 aromatic carbocycles. The van der Waals surface area contributed by atoms with Crippen LogP contribution >= 0.6 is 0 Å². The summed E-state index contributed by atoms with van der Waals surface area (Å²) in [5.74, 6) is 0.537. The Balaban J connectivity index is 0.000000447. The summed E-state index contributed by atoms with van der Waals surface area (Å²) >= 11 is 0. The summed E-state index contributed by atoms with van der Waals surface area (Å²) in [6.07, 6.45) is 1.76. The summed E-state index contributed by atoms with van der Waals surface area (Å²) in [6.45, 7) is 1.82. The van der Waals surface area contributed by atoms with E-state index in [2.05, 4.69) is 20.7 Å². The maximum Gasteiger partial charge on any atom is 0.362 e. The molecule has 0 bridgehead atoms. The van der Waals surface area contributed by atoms with Crippen LogP contribution in [0.4, 0.5) is 5.82 Å². The van der Waals surface area contributed by atoms with E-state index < -0.39 is 67.5 Å². The van der Waals surface area contributed by atoms with Crippen LogP contribution in [0.15, 0.2) is 41.8 Å². The van der Waals surface area contributed by atoms with Gasteiger partial charge in [-0.1, -0.05) is 22.7 Å². The molecule has 3 heterocycles. The van der Waals surface area contributed by atoms with E-state index in [1.165, 1.54) is 18.5 Å². The molecule has 22 nitrogen and oxygen atoms in total. The molecule has 4 rings (SSSR count). The molecule has 1 aliphatic rings. The number of aromatic nitrogens is 4. The van der Waals surface area contributed by atoms with Crippen LogP contribution in [0.1, 0.15) is 18.2 Å². The molecule has 11 N–H and O–H groups in total. The van der Waals surface area contributed by atoms with Gasteiger partial charge in [-0.2, -0.15) is 4.98 Å². The number of carbonyl (C=O) groups is 1. The number of rotatable bonds is 8. The quantitative estimate of drug-likeness (QED) is 0.0353. The lowest BCUT2D eigenvalue weighted by molar-refractivity contribution is -0.745. The monoisotopic (exact) mass is 767 g/mol. The number of ether oxygens (including phenoxy) is 1. The lowest BCUT2D eigenvalue weighted by atomic mass is 10.1. The van der Waals surface area contributed by atoms with Gasteiger partial charge in [0, 0.05) is 0 Å². The van der Waals surface area contributed by atoms with Gasteiger partial charge in [0.1, 0.15) is 39.9 Å². The van der Waals surface area contributed by atoms with E-state index in [0.29, 0.717) is 29.1 Å². The van der Waals surface area contributed by atoms with Crippen LogP contribution in [-0.4, -0.2) is 126 Å². The van der Waals surface area contributed by atoms with Crippen molar-refractivity contribution in [1.82, 2.24) is 15.0 Å². The van der Waals surface area contributed by atoms with Crippen molar-refractivity contribution in [3.05, 3.63) is 42.5 Å². The van der Waals surface area contributed by atoms with Gasteiger partial charge < -0.3 is 45.2 Å². The summed E-state index contributed by atoms with van der Waals surface area (Å²) < 4.78 is 104. The van der Waals surface area contributed by atoms with E-state index in [4.69, 9.17) is 50.6 Å². The number of imidazole rings is 1. The number of aliphatic hydroxyl groups is 2. The summed E-state index contributed by atoms with van der Waals surface area (Å²) in [7, 11) is -14.3. The first-order valence-electron chi connectivity index (χ1n) is 12.8. The number of H-pyrrole nitrogens is 1. The average molecular weight is 768 g/mol. The zero-order valence-corrected chi connectivity index (χ0v) is 28.2. The molecular formula is C22H34N6O16S4. The van der Waals surface area contributed by atoms with Crippen molar-refractivity contribution in [3.63, 3.8) is 0 Å². The summed E-state index contributed by atoms with van der Waals surface area (Å²) in [5.41, 5.74) is 11.3. The normalized spacial score (nSPS) is 20.6. The first-order chi connectivity index (χ1) is 21.8. The van der Waals surface area contributed by atoms with Crippen molar-refractivity contribution >= 4 is 64.8 Å². The molecule has 0 radical (unpaired) electrons. The number of nitrogens with two attached hydrogens (primary N) is 1. The minimum Gasteiger partial charge on any atom is -0.744 e. The average Bonchev–Trinajstić information content (AvgIpc) is 3.47. The molecule has 272 valence electrons. The molecule has 1 fully saturated rings. The molecule has 6 atom stereocenters. The second kappa shape index (κ2) is 18.0. The van der Waals surface area contributed by atoms with Crippen molar-refractivity contribution < 1.29 is 83.2 Å². The lowest BCUT2D eigenvalue weighted by Crippen LogP contribution is -2.65. The number of nitrogen functional groups attached to an aromatic ring is 1. The number of carboxylic acids is 1. The van der Waals surface area contributed by atoms with E-state index in [1.54, 1.807) is 23.0 Å². The molecule has 0 amide bonds. The van der Waals surface area contributed by atoms with Gasteiger partial charge in [-0.25, -0.2) is 34.6 Å². The highest BCUT2D eigenvalue weighted by molar-refractivity contribution is 7.96. The fourth-order valence-corrected chi connectivity index (χ4v) is 5.90. The molecule has 1 saturated heterocycles. The van der Waals surface area contributed by atoms with Gasteiger partial charge in [-0.05, 0) is 30.0 Å². The molecule has 1 unspecified atom stereocenters. The van der Waals surface area contributed by atoms with E-state index >= 15 is 0 Å². The van der Waals surface area contributed by atoms with Crippen molar-refractivity contribution in [2.24, 2.45) is 0 Å². The van der Waals surface area contributed by atoms with Gasteiger partial charge in [0.25, 0.3) is 0 Å². The molecule has 2 aromatic heterocycles. The van der Waals surface area contributed by atoms with Crippen LogP contribution in [0.25, 0.3) is 11.2 Å². The van der Waals surface area contributed by atoms with Crippen LogP contribution < -0.4 is 16.0 Å². The Morgan fingerprint density at radius 2 is 1.58 bits per heavy atom. The molecule has 0 aliphatic carbocycles. The van der Waals surface area contributed by atoms with Crippen molar-refractivity contribution in [1.29, 1.82) is 0 Å². The smallest absolute Gasteiger partial charge is 0.362 e. The Hall–Kier alpha value is -3.12. The van der Waals surface area contributed by atoms with Crippen LogP contribution in [0.2, 0.25) is 0 Å². The fraction of sp³-hybridized carbons (Fsp3) is 0.455. The number of hydrogen-bond acceptors (Lipinski definition) is 16. The second-order valence-corrected chi connectivity index (χ2v) is 15.2. The maximum atomic E-state index is 10.9. The van der Waals surface area contributed by atoms with Gasteiger partial charge in [0.2, 0.25) is 32.5 Å². The number of hydrogen-bond donors (Lipinski definition) is 8. The van der Waals surface area contributed by atoms with Crippen molar-refractivity contribution in [2.75, 3.05) is 23.5 Å². The van der Waals surface area contributed by atoms with Gasteiger partial charge in [0.05, 0.1) is 17.6 Å². The highest BCUT2D eigenvalue weighted by atomic mass is 32.3. The van der Waals surface area contributed by atoms with E-state index in [1.807, 2.05) is 13.2 Å². The first kappa shape index (κ1) is 42.9. The molecule has 0 spiro atoms. The Bertz CT molecular complexity index is 1780. The second-order valence-electron chi connectivity index (χ2n) is 9.78. The zero-order valence-electron chi connectivity index (χ0n) is 25.0. The number of aromatic amines is 1. The van der Waals surface area contributed by atoms with Crippen LogP contribution in [0.3, 0.4) is 0 Å². The van der Waals surface area contributed by atoms with Crippen LogP contribution in [0.5, 0.6) is 0 Å². The summed E-state index contributed by atoms with van der Waals surface area (Å²) in [5, 5.41) is 29.8. The number of aliphatic hydroxyl groups excluding tert-OH is 2. The molecule has 1 aliphatic heterocycles. The number of nitrogens with one attached hydrogen (secondary N) is 1. The summed E-state index contributed by atoms with van der Waals surface area (Å²) in [6, 6.07) is 5.13. The number of nitrogens with zero attached hydrogens (tertiary/aromatic N) is 3. The third-order valence-corrected chi connectivity index (χ3v) is 8.66. The topological polar surface area (TPSA) is 398 Å². The minimum absolute atomic E-state index is 0.178. The molecule has 0 saturated carbocycles. The summed E-state index contributed by atoms with van der Waals surface area (Å²) in [4.78, 5) is 21.7. The van der Waals surface area contributed by atoms with E-state index in [-0.39, 0.29) is 21.6 Å². The van der Waals surface area contributed by atoms with Crippen molar-refractivity contribution in [3.8, 4) is 0 Å². The predicted octanol–water partition coefficient (Wildman–Crippen LogP) is -4.31. The molecule has 26 heteroatoms. The van der Waals surface area contributed by atoms with Gasteiger partial charge in [-0.15, -0.1) is 0 Å². The molecule has 48 heavy (non-hydrogen) atoms. The Morgan fingerprint density at radius 3 is 2.06 bits per heavy atom. The largest absolute Gasteiger partial charge is 0.744 e. The van der Waals surface area contributed by atoms with E-state index in [0.717, 1.165) is 5.56 Å². The first-order valence-corrected chi connectivity index (χ1v) is 18.9. The Morgan fingerprint density at radius 1 is 1.06 bits per heavy atom. The third-order valence-electron chi connectivity index (χ3n) is 5.98. The maximum absolute atomic E-state index is 10.9. The molecular weight excluding hydrogens is 734 g/mol. The third kappa shape index (κ3) is 15.9. The zero-order chi connectivity index (χ0) is 37.2. The van der Waals surface area contributed by atoms with Crippen molar-refractivity contribution in [2.45, 2.75) is 48.8 Å². The SMILES string of the molecule is Cc1ccc(S(=O)(=O)[O-])cc1.O=S(=O)([O-])O.O=S(=O)([O-])O.[13CH3][S+](CC[C@H]([NH3+])C(=O)O)C[C@H]1O[C@@H]([n+]2c[nH]c3c(N)ncnc32)[C@H](O)[C@@H]1O. The van der Waals surface area contributed by atoms with Gasteiger partial charge in [-0.3, -0.25) is 14.1 Å². The van der Waals surface area contributed by atoms with Gasteiger partial charge in [0.15, 0.2) is 24.5 Å². The van der Waals surface area contributed by atoms with Crippen LogP contribution in [-0.2, 0) is 51.3 Å². The standard InChI is InChI=1S/C15H22N6O5S.C7H8O3S.2H2O4S/c1-27(3-2-7(16)15(24)25)4-8-10(22)11(23)14(26-8)21-6-20-9-12(17)18-5-19-13(9)21;1-6-2-4-7(5-3-6)11(8,9)10;2*1-5(2,3)4/h5-8,10-11,14,22-23H,2-4,16H2,1H3,(H2-,17,18,19,24,25);2-5H,1H3,(H,8,9,10);2*(H2,1,2,3,4)/t7-,8+,10+,11+,14+,27?;;;/m0.../s1/i1+1;;;. The number of quaternary nitrogens is 1. The number of carboxylic acid groups (broad SMARTS) is 1. The predicted molar refractivity (Wildman–Crippen MR) is 160 cm³/mol. The van der Waals surface area contributed by atoms with Gasteiger partial charge >= 0.3 is 11.6 Å². The minimum atomic E-state index is -4.92. The number of benzene rings is 1. The number of aliphatic carboxylic acids is 1. The number of anilines is 1.